The largest absolute Gasteiger partial charge is 0.506 e. The second-order valence-corrected chi connectivity index (χ2v) is 8.53. The van der Waals surface area contributed by atoms with Crippen LogP contribution in [0.25, 0.3) is 0 Å². The van der Waals surface area contributed by atoms with Crippen molar-refractivity contribution < 1.29 is 15.0 Å². The minimum absolute atomic E-state index is 0.191. The lowest BCUT2D eigenvalue weighted by molar-refractivity contribution is 0.0698. The Kier molecular flexibility index (Phi) is 4.09. The van der Waals surface area contributed by atoms with Crippen molar-refractivity contribution in [2.45, 2.75) is 50.0 Å². The molecule has 0 unspecified atom stereocenters. The van der Waals surface area contributed by atoms with E-state index in [0.29, 0.717) is 23.3 Å². The highest BCUT2D eigenvalue weighted by molar-refractivity contribution is 5.95. The smallest absolute Gasteiger partial charge is 0.337 e. The van der Waals surface area contributed by atoms with Crippen LogP contribution in [0.1, 0.15) is 53.6 Å². The molecule has 5 heteroatoms. The maximum absolute atomic E-state index is 11.5. The monoisotopic (exact) mass is 378 g/mol. The summed E-state index contributed by atoms with van der Waals surface area (Å²) in [5.74, 6) is -0.119. The van der Waals surface area contributed by atoms with E-state index in [0.717, 1.165) is 19.4 Å². The van der Waals surface area contributed by atoms with Crippen LogP contribution in [0.5, 0.6) is 5.75 Å². The number of benzene rings is 2. The van der Waals surface area contributed by atoms with Crippen molar-refractivity contribution in [2.24, 2.45) is 5.92 Å². The minimum Gasteiger partial charge on any atom is -0.506 e. The molecule has 0 spiro atoms. The average molecular weight is 378 g/mol. The first kappa shape index (κ1) is 17.6. The maximum Gasteiger partial charge on any atom is 0.337 e. The third-order valence-corrected chi connectivity index (χ3v) is 7.19. The van der Waals surface area contributed by atoms with E-state index in [4.69, 9.17) is 0 Å². The van der Waals surface area contributed by atoms with Crippen molar-refractivity contribution in [1.82, 2.24) is 5.32 Å². The Hall–Kier alpha value is -2.53. The number of phenolic OH excluding ortho intramolecular Hbond substituents is 1. The predicted octanol–water partition coefficient (Wildman–Crippen LogP) is 4.18. The first-order chi connectivity index (χ1) is 13.6. The fourth-order valence-corrected chi connectivity index (χ4v) is 6.00. The van der Waals surface area contributed by atoms with Gasteiger partial charge < -0.3 is 20.8 Å². The van der Waals surface area contributed by atoms with Gasteiger partial charge in [-0.1, -0.05) is 25.0 Å². The highest BCUT2D eigenvalue weighted by Crippen LogP contribution is 2.55. The van der Waals surface area contributed by atoms with Crippen molar-refractivity contribution in [2.75, 3.05) is 11.9 Å². The van der Waals surface area contributed by atoms with Crippen LogP contribution in [0.2, 0.25) is 0 Å². The topological polar surface area (TPSA) is 81.6 Å². The quantitative estimate of drug-likeness (QED) is 0.603. The summed E-state index contributed by atoms with van der Waals surface area (Å²) in [5.41, 5.74) is 4.07. The van der Waals surface area contributed by atoms with Crippen molar-refractivity contribution in [3.05, 3.63) is 53.1 Å². The molecule has 1 aliphatic heterocycles. The van der Waals surface area contributed by atoms with Gasteiger partial charge in [0.2, 0.25) is 0 Å². The van der Waals surface area contributed by atoms with E-state index in [2.05, 4.69) is 10.6 Å². The van der Waals surface area contributed by atoms with Gasteiger partial charge in [-0.05, 0) is 73.5 Å². The number of hydrogen-bond acceptors (Lipinski definition) is 4. The summed E-state index contributed by atoms with van der Waals surface area (Å²) < 4.78 is 0. The van der Waals surface area contributed by atoms with Gasteiger partial charge in [-0.3, -0.25) is 0 Å². The van der Waals surface area contributed by atoms with Gasteiger partial charge in [0.25, 0.3) is 0 Å². The predicted molar refractivity (Wildman–Crippen MR) is 109 cm³/mol. The van der Waals surface area contributed by atoms with E-state index < -0.39 is 5.97 Å². The zero-order chi connectivity index (χ0) is 19.3. The van der Waals surface area contributed by atoms with Gasteiger partial charge in [0.1, 0.15) is 5.75 Å². The molecule has 3 atom stereocenters. The molecule has 5 nitrogen and oxygen atoms in total. The summed E-state index contributed by atoms with van der Waals surface area (Å²) in [6.07, 6.45) is 7.14. The molecule has 1 saturated carbocycles. The first-order valence-corrected chi connectivity index (χ1v) is 10.3. The van der Waals surface area contributed by atoms with Gasteiger partial charge in [-0.2, -0.15) is 0 Å². The number of aromatic carboxylic acids is 1. The van der Waals surface area contributed by atoms with Crippen molar-refractivity contribution in [1.29, 1.82) is 0 Å². The summed E-state index contributed by atoms with van der Waals surface area (Å²) in [6, 6.07) is 11.3. The Morgan fingerprint density at radius 2 is 2.00 bits per heavy atom. The zero-order valence-electron chi connectivity index (χ0n) is 15.9. The number of nitrogens with one attached hydrogen (secondary N) is 2. The van der Waals surface area contributed by atoms with E-state index in [9.17, 15) is 15.0 Å². The third kappa shape index (κ3) is 2.60. The third-order valence-electron chi connectivity index (χ3n) is 7.19. The fraction of sp³-hybridized carbons (Fsp3) is 0.435. The molecule has 4 N–H and O–H groups in total. The van der Waals surface area contributed by atoms with Crippen LogP contribution in [0.15, 0.2) is 36.4 Å². The molecule has 1 saturated heterocycles. The van der Waals surface area contributed by atoms with Crippen LogP contribution in [0.4, 0.5) is 11.4 Å². The standard InChI is InChI=1S/C23H26N2O3/c26-21-13-17-14(11-19-16-6-3-4-8-23(16,17)9-10-24-19)12-20(21)25-18-7-2-1-5-15(18)22(27)28/h1-2,5,7,12-13,16,19,24-26H,3-4,6,8-11H2,(H,27,28)/t16-,19+,23+/m0/s1. The molecule has 146 valence electrons. The van der Waals surface area contributed by atoms with Crippen molar-refractivity contribution in [3.63, 3.8) is 0 Å². The van der Waals surface area contributed by atoms with Gasteiger partial charge in [-0.25, -0.2) is 4.79 Å². The molecule has 5 rings (SSSR count). The van der Waals surface area contributed by atoms with E-state index >= 15 is 0 Å². The lowest BCUT2D eigenvalue weighted by Crippen LogP contribution is -2.59. The number of anilines is 2. The molecule has 2 fully saturated rings. The van der Waals surface area contributed by atoms with E-state index in [1.54, 1.807) is 24.3 Å². The average Bonchev–Trinajstić information content (AvgIpc) is 2.70. The summed E-state index contributed by atoms with van der Waals surface area (Å²) in [4.78, 5) is 11.5. The van der Waals surface area contributed by atoms with Gasteiger partial charge in [0.15, 0.2) is 0 Å². The molecule has 2 aliphatic carbocycles. The number of piperidine rings is 1. The van der Waals surface area contributed by atoms with Crippen LogP contribution in [0, 0.1) is 5.92 Å². The second kappa shape index (κ2) is 6.52. The molecule has 2 aromatic carbocycles. The number of fused-ring (bicyclic) bond motifs is 1. The Labute approximate surface area is 164 Å². The summed E-state index contributed by atoms with van der Waals surface area (Å²) in [6.45, 7) is 1.05. The number of carbonyl (C=O) groups is 1. The second-order valence-electron chi connectivity index (χ2n) is 8.53. The van der Waals surface area contributed by atoms with Crippen LogP contribution in [-0.4, -0.2) is 28.8 Å². The Morgan fingerprint density at radius 3 is 2.86 bits per heavy atom. The highest BCUT2D eigenvalue weighted by Gasteiger charge is 2.51. The number of carboxylic acid groups (broad SMARTS) is 1. The molecular weight excluding hydrogens is 352 g/mol. The van der Waals surface area contributed by atoms with E-state index in [1.165, 1.54) is 36.8 Å². The SMILES string of the molecule is O=C(O)c1ccccc1Nc1cc2c(cc1O)[C@@]13CCCC[C@H]1[C@@H](C2)NCC3. The molecule has 2 bridgehead atoms. The van der Waals surface area contributed by atoms with Gasteiger partial charge in [0.05, 0.1) is 16.9 Å². The Balaban J connectivity index is 1.56. The Morgan fingerprint density at radius 1 is 1.14 bits per heavy atom. The number of hydrogen-bond donors (Lipinski definition) is 4. The maximum atomic E-state index is 11.5. The van der Waals surface area contributed by atoms with Gasteiger partial charge in [0, 0.05) is 11.5 Å². The lowest BCUT2D eigenvalue weighted by Gasteiger charge is -2.56. The van der Waals surface area contributed by atoms with Crippen molar-refractivity contribution >= 4 is 17.3 Å². The number of rotatable bonds is 3. The normalized spacial score (nSPS) is 28.1. The molecule has 2 aromatic rings. The van der Waals surface area contributed by atoms with Gasteiger partial charge >= 0.3 is 5.97 Å². The molecule has 1 heterocycles. The van der Waals surface area contributed by atoms with Crippen LogP contribution < -0.4 is 10.6 Å². The van der Waals surface area contributed by atoms with Gasteiger partial charge in [-0.15, -0.1) is 0 Å². The molecule has 0 radical (unpaired) electrons. The molecule has 3 aliphatic rings. The Bertz CT molecular complexity index is 937. The van der Waals surface area contributed by atoms with E-state index in [1.807, 2.05) is 12.1 Å². The summed E-state index contributed by atoms with van der Waals surface area (Å²) in [5, 5.41) is 27.1. The number of aromatic hydroxyl groups is 1. The number of para-hydroxylation sites is 1. The molecule has 28 heavy (non-hydrogen) atoms. The lowest BCUT2D eigenvalue weighted by atomic mass is 9.53. The van der Waals surface area contributed by atoms with Crippen molar-refractivity contribution in [3.8, 4) is 5.75 Å². The zero-order valence-corrected chi connectivity index (χ0v) is 15.9. The first-order valence-electron chi connectivity index (χ1n) is 10.3. The number of carboxylic acids is 1. The van der Waals surface area contributed by atoms with E-state index in [-0.39, 0.29) is 16.7 Å². The van der Waals surface area contributed by atoms with Crippen LogP contribution >= 0.6 is 0 Å². The molecule has 0 amide bonds. The summed E-state index contributed by atoms with van der Waals surface area (Å²) in [7, 11) is 0. The highest BCUT2D eigenvalue weighted by atomic mass is 16.4. The number of phenols is 1. The summed E-state index contributed by atoms with van der Waals surface area (Å²) >= 11 is 0. The molecule has 0 aromatic heterocycles. The molecular formula is C23H26N2O3. The van der Waals surface area contributed by atoms with Crippen LogP contribution in [-0.2, 0) is 11.8 Å². The minimum atomic E-state index is -0.983. The van der Waals surface area contributed by atoms with Crippen LogP contribution in [0.3, 0.4) is 0 Å². The fourth-order valence-electron chi connectivity index (χ4n) is 6.00.